The van der Waals surface area contributed by atoms with E-state index in [4.69, 9.17) is 14.2 Å². The fraction of sp³-hybridized carbons (Fsp3) is 0.681. The third kappa shape index (κ3) is 42.8. The van der Waals surface area contributed by atoms with E-state index in [-0.39, 0.29) is 19.4 Å². The number of ether oxygens (including phenoxy) is 3. The molecule has 1 rings (SSSR count). The molecule has 11 heteroatoms. The van der Waals surface area contributed by atoms with Gasteiger partial charge in [-0.25, -0.2) is 0 Å². The summed E-state index contributed by atoms with van der Waals surface area (Å²) in [5, 5.41) is 57.0. The number of carbonyl (C=O) groups is 2. The van der Waals surface area contributed by atoms with Crippen molar-refractivity contribution in [1.82, 2.24) is 5.32 Å². The van der Waals surface area contributed by atoms with Crippen molar-refractivity contribution in [2.24, 2.45) is 0 Å². The fourth-order valence-electron chi connectivity index (χ4n) is 9.08. The fourth-order valence-corrected chi connectivity index (χ4v) is 9.08. The van der Waals surface area contributed by atoms with E-state index in [1.165, 1.54) is 64.2 Å². The molecule has 1 heterocycles. The number of rotatable bonds is 52. The highest BCUT2D eigenvalue weighted by atomic mass is 16.7. The number of carbonyl (C=O) groups excluding carboxylic acids is 2. The van der Waals surface area contributed by atoms with Crippen LogP contribution in [0.25, 0.3) is 0 Å². The highest BCUT2D eigenvalue weighted by Gasteiger charge is 2.47. The monoisotopic (exact) mass is 1120 g/mol. The van der Waals surface area contributed by atoms with Gasteiger partial charge in [-0.05, 0) is 109 Å². The molecule has 0 bridgehead atoms. The van der Waals surface area contributed by atoms with Crippen molar-refractivity contribution in [3.63, 3.8) is 0 Å². The Bertz CT molecular complexity index is 1760. The number of hydrogen-bond acceptors (Lipinski definition) is 10. The average molecular weight is 1120 g/mol. The Balaban J connectivity index is 2.71. The Morgan fingerprint density at radius 1 is 0.500 bits per heavy atom. The van der Waals surface area contributed by atoms with Crippen LogP contribution in [0.4, 0.5) is 0 Å². The minimum Gasteiger partial charge on any atom is -0.454 e. The minimum absolute atomic E-state index is 0.0401. The van der Waals surface area contributed by atoms with Crippen LogP contribution >= 0.6 is 0 Å². The number of nitrogens with one attached hydrogen (secondary N) is 1. The van der Waals surface area contributed by atoms with E-state index < -0.39 is 67.4 Å². The zero-order valence-corrected chi connectivity index (χ0v) is 50.4. The topological polar surface area (TPSA) is 175 Å². The van der Waals surface area contributed by atoms with Gasteiger partial charge in [0.25, 0.3) is 0 Å². The molecule has 0 spiro atoms. The maximum absolute atomic E-state index is 13.4. The molecule has 0 aromatic rings. The van der Waals surface area contributed by atoms with Gasteiger partial charge in [0.2, 0.25) is 5.91 Å². The van der Waals surface area contributed by atoms with Crippen molar-refractivity contribution in [3.05, 3.63) is 122 Å². The van der Waals surface area contributed by atoms with Crippen LogP contribution in [-0.2, 0) is 23.8 Å². The Kier molecular flexibility index (Phi) is 51.5. The number of aliphatic hydroxyl groups excluding tert-OH is 5. The lowest BCUT2D eigenvalue weighted by molar-refractivity contribution is -0.305. The summed E-state index contributed by atoms with van der Waals surface area (Å²) < 4.78 is 17.6. The van der Waals surface area contributed by atoms with Crippen LogP contribution in [0.3, 0.4) is 0 Å². The molecule has 0 aromatic carbocycles. The summed E-state index contributed by atoms with van der Waals surface area (Å²) in [6.45, 7) is 5.60. The summed E-state index contributed by atoms with van der Waals surface area (Å²) in [6, 6.07) is -1.05. The normalized spacial score (nSPS) is 19.6. The van der Waals surface area contributed by atoms with Crippen LogP contribution in [-0.4, -0.2) is 99.6 Å². The Hall–Kier alpha value is -3.94. The van der Waals surface area contributed by atoms with Gasteiger partial charge in [0.15, 0.2) is 12.4 Å². The molecular weight excluding hydrogens is 1000 g/mol. The molecular formula is C69H115NO10. The van der Waals surface area contributed by atoms with Gasteiger partial charge in [-0.2, -0.15) is 0 Å². The van der Waals surface area contributed by atoms with Gasteiger partial charge in [-0.15, -0.1) is 0 Å². The van der Waals surface area contributed by atoms with Gasteiger partial charge >= 0.3 is 5.97 Å². The molecule has 1 fully saturated rings. The zero-order valence-electron chi connectivity index (χ0n) is 50.4. The molecule has 6 N–H and O–H groups in total. The standard InChI is InChI=1S/C69H115NO10/c1-4-7-10-13-16-19-22-25-27-29-30-31-32-33-35-36-38-41-44-47-50-53-56-62(73)68(77)70-60(61(72)55-52-49-46-43-40-24-21-18-15-12-9-6-3)59-78-69-67(66(76)65(75)63(58-71)79-69)80-64(74)57-54-51-48-45-42-39-37-34-28-26-23-20-17-14-11-8-5-2/h7,10,16-17,19-20,25-28,30-31,33,35,37,39,45,48,52,55,60-63,65-67,69,71-73,75-76H,4-6,8-9,11-15,18,21-24,29,32,34,36,38,40-44,46-47,49-51,53-54,56-59H2,1-3H3,(H,70,77)/b10-7-,19-16-,20-17-,27-25-,28-26-,31-30-,35-33-,39-37-,48-45-,55-52+. The molecule has 1 aliphatic heterocycles. The second kappa shape index (κ2) is 55.6. The summed E-state index contributed by atoms with van der Waals surface area (Å²) in [5.41, 5.74) is 0. The zero-order chi connectivity index (χ0) is 58.2. The molecule has 0 radical (unpaired) electrons. The predicted octanol–water partition coefficient (Wildman–Crippen LogP) is 15.4. The van der Waals surface area contributed by atoms with Crippen molar-refractivity contribution in [2.75, 3.05) is 13.2 Å². The van der Waals surface area contributed by atoms with Crippen LogP contribution < -0.4 is 5.32 Å². The van der Waals surface area contributed by atoms with Crippen LogP contribution in [0.2, 0.25) is 0 Å². The smallest absolute Gasteiger partial charge is 0.306 e. The second-order valence-electron chi connectivity index (χ2n) is 21.4. The van der Waals surface area contributed by atoms with Gasteiger partial charge in [0, 0.05) is 6.42 Å². The first-order valence-corrected chi connectivity index (χ1v) is 31.8. The molecule has 1 aliphatic rings. The lowest BCUT2D eigenvalue weighted by Crippen LogP contribution is -2.61. The summed E-state index contributed by atoms with van der Waals surface area (Å²) in [7, 11) is 0. The highest BCUT2D eigenvalue weighted by Crippen LogP contribution is 2.26. The van der Waals surface area contributed by atoms with E-state index >= 15 is 0 Å². The molecule has 0 saturated carbocycles. The van der Waals surface area contributed by atoms with Crippen LogP contribution in [0.5, 0.6) is 0 Å². The average Bonchev–Trinajstić information content (AvgIpc) is 3.48. The van der Waals surface area contributed by atoms with E-state index in [0.29, 0.717) is 19.3 Å². The van der Waals surface area contributed by atoms with Gasteiger partial charge in [-0.1, -0.05) is 245 Å². The number of amides is 1. The van der Waals surface area contributed by atoms with Crippen LogP contribution in [0.1, 0.15) is 239 Å². The summed E-state index contributed by atoms with van der Waals surface area (Å²) in [6.07, 6.45) is 66.6. The third-order valence-corrected chi connectivity index (χ3v) is 14.1. The summed E-state index contributed by atoms with van der Waals surface area (Å²) in [4.78, 5) is 26.5. The maximum atomic E-state index is 13.4. The number of allylic oxidation sites excluding steroid dienone is 19. The number of esters is 1. The lowest BCUT2D eigenvalue weighted by atomic mass is 9.99. The lowest BCUT2D eigenvalue weighted by Gasteiger charge is -2.41. The molecule has 80 heavy (non-hydrogen) atoms. The molecule has 0 aromatic heterocycles. The van der Waals surface area contributed by atoms with Gasteiger partial charge in [0.05, 0.1) is 25.4 Å². The van der Waals surface area contributed by atoms with Crippen molar-refractivity contribution in [1.29, 1.82) is 0 Å². The Morgan fingerprint density at radius 2 is 0.900 bits per heavy atom. The van der Waals surface area contributed by atoms with Crippen LogP contribution in [0, 0.1) is 0 Å². The van der Waals surface area contributed by atoms with Crippen LogP contribution in [0.15, 0.2) is 122 Å². The summed E-state index contributed by atoms with van der Waals surface area (Å²) in [5.74, 6) is -1.27. The molecule has 8 atom stereocenters. The minimum atomic E-state index is -1.65. The largest absolute Gasteiger partial charge is 0.454 e. The van der Waals surface area contributed by atoms with Crippen molar-refractivity contribution >= 4 is 11.9 Å². The maximum Gasteiger partial charge on any atom is 0.306 e. The first-order valence-electron chi connectivity index (χ1n) is 31.8. The van der Waals surface area contributed by atoms with Gasteiger partial charge < -0.3 is 45.1 Å². The molecule has 0 aliphatic carbocycles. The van der Waals surface area contributed by atoms with Crippen molar-refractivity contribution in [3.8, 4) is 0 Å². The highest BCUT2D eigenvalue weighted by molar-refractivity contribution is 5.80. The van der Waals surface area contributed by atoms with E-state index in [1.807, 2.05) is 18.2 Å². The Labute approximate surface area is 487 Å². The number of hydrogen-bond donors (Lipinski definition) is 6. The molecule has 456 valence electrons. The molecule has 8 unspecified atom stereocenters. The molecule has 1 saturated heterocycles. The van der Waals surface area contributed by atoms with Crippen molar-refractivity contribution < 1.29 is 49.3 Å². The van der Waals surface area contributed by atoms with Crippen molar-refractivity contribution in [2.45, 2.75) is 288 Å². The third-order valence-electron chi connectivity index (χ3n) is 14.1. The van der Waals surface area contributed by atoms with E-state index in [9.17, 15) is 35.1 Å². The van der Waals surface area contributed by atoms with E-state index in [2.05, 4.69) is 123 Å². The predicted molar refractivity (Wildman–Crippen MR) is 333 cm³/mol. The second-order valence-corrected chi connectivity index (χ2v) is 21.4. The number of aliphatic hydroxyl groups is 5. The quantitative estimate of drug-likeness (QED) is 0.0195. The van der Waals surface area contributed by atoms with Gasteiger partial charge in [0.1, 0.15) is 24.4 Å². The number of unbranched alkanes of at least 4 members (excludes halogenated alkanes) is 20. The summed E-state index contributed by atoms with van der Waals surface area (Å²) >= 11 is 0. The first-order chi connectivity index (χ1) is 39.2. The Morgan fingerprint density at radius 3 is 1.38 bits per heavy atom. The van der Waals surface area contributed by atoms with E-state index in [1.54, 1.807) is 6.08 Å². The first kappa shape index (κ1) is 74.1. The van der Waals surface area contributed by atoms with Gasteiger partial charge in [-0.3, -0.25) is 9.59 Å². The van der Waals surface area contributed by atoms with E-state index in [0.717, 1.165) is 122 Å². The SMILES string of the molecule is CC/C=C\C/C=C\C/C=C\C/C=C\C/C=C\CCCCCCCCC(O)C(=O)NC(COC1OC(CO)C(O)C(O)C1OC(=O)CCC/C=C\C/C=C\C/C=C\C/C=C\CCCCC)C(O)/C=C/CCCCCCCCCCCC. The molecule has 1 amide bonds. The molecule has 11 nitrogen and oxygen atoms in total.